The molecule has 0 aromatic carbocycles. The first-order chi connectivity index (χ1) is 23.6. The van der Waals surface area contributed by atoms with Crippen LogP contribution in [0.5, 0.6) is 0 Å². The summed E-state index contributed by atoms with van der Waals surface area (Å²) in [6.07, 6.45) is 29.6. The summed E-state index contributed by atoms with van der Waals surface area (Å²) in [5, 5.41) is 0. The van der Waals surface area contributed by atoms with Crippen molar-refractivity contribution in [3.05, 3.63) is 0 Å². The number of carbonyl (C=O) groups is 3. The number of rotatable bonds is 36. The molecule has 49 heavy (non-hydrogen) atoms. The number of unbranched alkanes of at least 4 members (excludes halogenated alkanes) is 18. The van der Waals surface area contributed by atoms with Crippen LogP contribution >= 0.6 is 0 Å². The van der Waals surface area contributed by atoms with Gasteiger partial charge in [0.2, 0.25) is 0 Å². The third kappa shape index (κ3) is 36.0. The van der Waals surface area contributed by atoms with Crippen LogP contribution in [0.3, 0.4) is 0 Å². The van der Waals surface area contributed by atoms with E-state index in [1.54, 1.807) is 0 Å². The second kappa shape index (κ2) is 34.8. The Kier molecular flexibility index (Phi) is 33.7. The normalized spacial score (nSPS) is 12.7. The van der Waals surface area contributed by atoms with Gasteiger partial charge in [-0.05, 0) is 37.0 Å². The van der Waals surface area contributed by atoms with Gasteiger partial charge in [0, 0.05) is 19.3 Å². The lowest BCUT2D eigenvalue weighted by molar-refractivity contribution is -0.167. The summed E-state index contributed by atoms with van der Waals surface area (Å²) < 4.78 is 16.6. The fourth-order valence-corrected chi connectivity index (χ4v) is 6.14. The van der Waals surface area contributed by atoms with Crippen LogP contribution in [0.1, 0.15) is 221 Å². The van der Waals surface area contributed by atoms with Crippen LogP contribution in [0, 0.1) is 17.8 Å². The molecule has 0 N–H and O–H groups in total. The molecule has 0 saturated heterocycles. The molecule has 0 saturated carbocycles. The van der Waals surface area contributed by atoms with E-state index in [4.69, 9.17) is 14.2 Å². The van der Waals surface area contributed by atoms with E-state index in [2.05, 4.69) is 41.5 Å². The molecule has 0 fully saturated rings. The maximum absolute atomic E-state index is 12.7. The first kappa shape index (κ1) is 47.4. The Balaban J connectivity index is 4.37. The first-order valence-electron chi connectivity index (χ1n) is 21.1. The highest BCUT2D eigenvalue weighted by Crippen LogP contribution is 2.17. The Morgan fingerprint density at radius 3 is 1.06 bits per heavy atom. The predicted octanol–water partition coefficient (Wildman–Crippen LogP) is 12.9. The molecule has 0 rings (SSSR count). The van der Waals surface area contributed by atoms with E-state index in [1.807, 2.05) is 0 Å². The van der Waals surface area contributed by atoms with Gasteiger partial charge >= 0.3 is 17.9 Å². The van der Waals surface area contributed by atoms with Crippen LogP contribution in [0.4, 0.5) is 0 Å². The molecule has 0 radical (unpaired) electrons. The van der Waals surface area contributed by atoms with Crippen molar-refractivity contribution in [2.75, 3.05) is 13.2 Å². The Morgan fingerprint density at radius 2 is 0.714 bits per heavy atom. The van der Waals surface area contributed by atoms with Crippen LogP contribution in [-0.4, -0.2) is 37.2 Å². The van der Waals surface area contributed by atoms with E-state index in [0.29, 0.717) is 19.3 Å². The summed E-state index contributed by atoms with van der Waals surface area (Å²) >= 11 is 0. The molecule has 0 heterocycles. The van der Waals surface area contributed by atoms with Gasteiger partial charge in [0.05, 0.1) is 0 Å². The number of hydrogen-bond donors (Lipinski definition) is 0. The van der Waals surface area contributed by atoms with E-state index in [0.717, 1.165) is 75.5 Å². The largest absolute Gasteiger partial charge is 0.462 e. The lowest BCUT2D eigenvalue weighted by atomic mass is 9.99. The third-order valence-corrected chi connectivity index (χ3v) is 9.76. The molecule has 0 amide bonds. The summed E-state index contributed by atoms with van der Waals surface area (Å²) in [5.41, 5.74) is 0. The zero-order valence-electron chi connectivity index (χ0n) is 33.5. The molecule has 0 aliphatic heterocycles. The summed E-state index contributed by atoms with van der Waals surface area (Å²) in [6.45, 7) is 13.5. The SMILES string of the molecule is CCC(C)CCCCCCCCCCC(=O)O[C@H](COC(=O)CCCCCCCCCC(C)C)COC(=O)CCCCCCCCC(C)C. The second-order valence-electron chi connectivity index (χ2n) is 15.8. The molecule has 0 aliphatic carbocycles. The van der Waals surface area contributed by atoms with Gasteiger partial charge in [0.25, 0.3) is 0 Å². The molecule has 6 heteroatoms. The summed E-state index contributed by atoms with van der Waals surface area (Å²) in [7, 11) is 0. The lowest BCUT2D eigenvalue weighted by Gasteiger charge is -2.18. The van der Waals surface area contributed by atoms with Gasteiger partial charge in [-0.25, -0.2) is 0 Å². The summed E-state index contributed by atoms with van der Waals surface area (Å²) in [6, 6.07) is 0. The van der Waals surface area contributed by atoms with Crippen molar-refractivity contribution >= 4 is 17.9 Å². The third-order valence-electron chi connectivity index (χ3n) is 9.76. The standard InChI is InChI=1S/C43H82O6/c1-7-39(6)31-25-19-12-8-9-13-22-28-34-43(46)49-40(36-48-42(45)33-27-21-16-15-18-24-30-38(4)5)35-47-41(44)32-26-20-14-10-11-17-23-29-37(2)3/h37-40H,7-36H2,1-6H3/t39?,40-/m1/s1. The number of carbonyl (C=O) groups excluding carboxylic acids is 3. The van der Waals surface area contributed by atoms with E-state index in [-0.39, 0.29) is 31.1 Å². The van der Waals surface area contributed by atoms with Crippen LogP contribution in [0.15, 0.2) is 0 Å². The molecule has 290 valence electrons. The van der Waals surface area contributed by atoms with Crippen molar-refractivity contribution in [3.63, 3.8) is 0 Å². The number of ether oxygens (including phenoxy) is 3. The molecule has 0 aromatic rings. The van der Waals surface area contributed by atoms with Crippen LogP contribution in [-0.2, 0) is 28.6 Å². The zero-order chi connectivity index (χ0) is 36.4. The maximum Gasteiger partial charge on any atom is 0.306 e. The number of hydrogen-bond acceptors (Lipinski definition) is 6. The second-order valence-corrected chi connectivity index (χ2v) is 15.8. The Hall–Kier alpha value is -1.59. The summed E-state index contributed by atoms with van der Waals surface area (Å²) in [5.74, 6) is 1.52. The van der Waals surface area contributed by atoms with Crippen LogP contribution < -0.4 is 0 Å². The monoisotopic (exact) mass is 695 g/mol. The average molecular weight is 695 g/mol. The van der Waals surface area contributed by atoms with Crippen molar-refractivity contribution < 1.29 is 28.6 Å². The molecular formula is C43H82O6. The smallest absolute Gasteiger partial charge is 0.306 e. The quantitative estimate of drug-likeness (QED) is 0.0369. The van der Waals surface area contributed by atoms with Gasteiger partial charge < -0.3 is 14.2 Å². The highest BCUT2D eigenvalue weighted by molar-refractivity contribution is 5.71. The van der Waals surface area contributed by atoms with Gasteiger partial charge in [-0.15, -0.1) is 0 Å². The Labute approximate surface area is 304 Å². The van der Waals surface area contributed by atoms with Crippen LogP contribution in [0.25, 0.3) is 0 Å². The molecular weight excluding hydrogens is 612 g/mol. The highest BCUT2D eigenvalue weighted by Gasteiger charge is 2.19. The predicted molar refractivity (Wildman–Crippen MR) is 206 cm³/mol. The van der Waals surface area contributed by atoms with Gasteiger partial charge in [-0.2, -0.15) is 0 Å². The fraction of sp³-hybridized carbons (Fsp3) is 0.930. The first-order valence-corrected chi connectivity index (χ1v) is 21.1. The van der Waals surface area contributed by atoms with Crippen molar-refractivity contribution in [1.82, 2.24) is 0 Å². The molecule has 0 bridgehead atoms. The molecule has 0 spiro atoms. The van der Waals surface area contributed by atoms with Crippen molar-refractivity contribution in [2.45, 2.75) is 227 Å². The van der Waals surface area contributed by atoms with Gasteiger partial charge in [0.15, 0.2) is 6.10 Å². The lowest BCUT2D eigenvalue weighted by Crippen LogP contribution is -2.30. The number of esters is 3. The molecule has 1 unspecified atom stereocenters. The van der Waals surface area contributed by atoms with Crippen molar-refractivity contribution in [1.29, 1.82) is 0 Å². The Bertz CT molecular complexity index is 763. The van der Waals surface area contributed by atoms with Crippen molar-refractivity contribution in [3.8, 4) is 0 Å². The Morgan fingerprint density at radius 1 is 0.408 bits per heavy atom. The van der Waals surface area contributed by atoms with Crippen molar-refractivity contribution in [2.24, 2.45) is 17.8 Å². The molecule has 6 nitrogen and oxygen atoms in total. The minimum Gasteiger partial charge on any atom is -0.462 e. The summed E-state index contributed by atoms with van der Waals surface area (Å²) in [4.78, 5) is 37.5. The molecule has 0 aromatic heterocycles. The minimum atomic E-state index is -0.761. The fourth-order valence-electron chi connectivity index (χ4n) is 6.14. The van der Waals surface area contributed by atoms with E-state index < -0.39 is 6.10 Å². The highest BCUT2D eigenvalue weighted by atomic mass is 16.6. The van der Waals surface area contributed by atoms with Gasteiger partial charge in [-0.3, -0.25) is 14.4 Å². The van der Waals surface area contributed by atoms with Crippen LogP contribution in [0.2, 0.25) is 0 Å². The van der Waals surface area contributed by atoms with E-state index in [1.165, 1.54) is 103 Å². The zero-order valence-corrected chi connectivity index (χ0v) is 33.5. The average Bonchev–Trinajstić information content (AvgIpc) is 3.06. The molecule has 2 atom stereocenters. The minimum absolute atomic E-state index is 0.0683. The molecule has 0 aliphatic rings. The van der Waals surface area contributed by atoms with E-state index >= 15 is 0 Å². The maximum atomic E-state index is 12.7. The van der Waals surface area contributed by atoms with Gasteiger partial charge in [-0.1, -0.05) is 183 Å². The van der Waals surface area contributed by atoms with E-state index in [9.17, 15) is 14.4 Å². The van der Waals surface area contributed by atoms with Gasteiger partial charge in [0.1, 0.15) is 13.2 Å². The topological polar surface area (TPSA) is 78.9 Å².